The minimum atomic E-state index is -0.209. The van der Waals surface area contributed by atoms with Crippen LogP contribution in [0.4, 0.5) is 5.69 Å². The van der Waals surface area contributed by atoms with Crippen LogP contribution in [0.25, 0.3) is 5.57 Å². The zero-order chi connectivity index (χ0) is 16.9. The number of allylic oxidation sites excluding steroid dienone is 3. The lowest BCUT2D eigenvalue weighted by molar-refractivity contribution is 0.240. The number of rotatable bonds is 7. The topological polar surface area (TPSA) is 76.7 Å². The molecule has 0 spiro atoms. The van der Waals surface area contributed by atoms with Crippen molar-refractivity contribution in [3.05, 3.63) is 35.5 Å². The van der Waals surface area contributed by atoms with Gasteiger partial charge in [-0.25, -0.2) is 0 Å². The van der Waals surface area contributed by atoms with Crippen LogP contribution in [0.2, 0.25) is 0 Å². The molecular weight excluding hydrogens is 280 g/mol. The third-order valence-electron chi connectivity index (χ3n) is 3.29. The molecule has 22 heavy (non-hydrogen) atoms. The van der Waals surface area contributed by atoms with E-state index in [0.29, 0.717) is 22.9 Å². The molecule has 0 unspecified atom stereocenters. The number of nitrogens with one attached hydrogen (secondary N) is 1. The third-order valence-corrected chi connectivity index (χ3v) is 3.29. The molecule has 122 valence electrons. The summed E-state index contributed by atoms with van der Waals surface area (Å²) in [6.45, 7) is 11.5. The summed E-state index contributed by atoms with van der Waals surface area (Å²) in [5, 5.41) is 12.2. The summed E-state index contributed by atoms with van der Waals surface area (Å²) in [7, 11) is 1.58. The molecule has 0 atom stereocenters. The Morgan fingerprint density at radius 1 is 1.36 bits per heavy atom. The van der Waals surface area contributed by atoms with Gasteiger partial charge in [0.1, 0.15) is 18.2 Å². The average molecular weight is 306 g/mol. The minimum Gasteiger partial charge on any atom is -0.497 e. The maximum absolute atomic E-state index is 9.25. The second-order valence-corrected chi connectivity index (χ2v) is 5.34. The van der Waals surface area contributed by atoms with E-state index in [-0.39, 0.29) is 12.8 Å². The zero-order valence-corrected chi connectivity index (χ0v) is 14.0. The van der Waals surface area contributed by atoms with Gasteiger partial charge in [0.15, 0.2) is 0 Å². The van der Waals surface area contributed by atoms with Gasteiger partial charge in [0.25, 0.3) is 0 Å². The van der Waals surface area contributed by atoms with Gasteiger partial charge in [-0.3, -0.25) is 0 Å². The van der Waals surface area contributed by atoms with Crippen LogP contribution < -0.4 is 20.5 Å². The highest BCUT2D eigenvalue weighted by atomic mass is 16.5. The summed E-state index contributed by atoms with van der Waals surface area (Å²) < 4.78 is 11.2. The Hall–Kier alpha value is -2.14. The Labute approximate surface area is 132 Å². The van der Waals surface area contributed by atoms with E-state index in [1.807, 2.05) is 33.8 Å². The fraction of sp³-hybridized carbons (Fsp3) is 0.412. The number of ether oxygens (including phenoxy) is 2. The summed E-state index contributed by atoms with van der Waals surface area (Å²) in [5.41, 5.74) is 9.65. The first kappa shape index (κ1) is 17.9. The smallest absolute Gasteiger partial charge is 0.133 e. The fourth-order valence-corrected chi connectivity index (χ4v) is 2.02. The molecule has 0 radical (unpaired) electrons. The normalized spacial score (nSPS) is 12.0. The Kier molecular flexibility index (Phi) is 6.31. The molecule has 0 aromatic heterocycles. The number of anilines is 1. The first-order chi connectivity index (χ1) is 10.3. The maximum atomic E-state index is 9.25. The van der Waals surface area contributed by atoms with Gasteiger partial charge in [-0.05, 0) is 38.8 Å². The second kappa shape index (κ2) is 7.75. The summed E-state index contributed by atoms with van der Waals surface area (Å²) in [5.74, 6) is 1.27. The molecule has 0 saturated carbocycles. The van der Waals surface area contributed by atoms with Gasteiger partial charge in [0, 0.05) is 23.4 Å². The third kappa shape index (κ3) is 4.18. The van der Waals surface area contributed by atoms with Crippen LogP contribution in [0.15, 0.2) is 30.0 Å². The number of nitrogens with two attached hydrogens (primary N) is 1. The van der Waals surface area contributed by atoms with Crippen LogP contribution in [0, 0.1) is 0 Å². The van der Waals surface area contributed by atoms with Crippen LogP contribution in [0.1, 0.15) is 33.3 Å². The van der Waals surface area contributed by atoms with Gasteiger partial charge in [0.2, 0.25) is 0 Å². The van der Waals surface area contributed by atoms with Crippen molar-refractivity contribution < 1.29 is 14.6 Å². The number of aliphatic hydroxyl groups is 1. The van der Waals surface area contributed by atoms with Crippen molar-refractivity contribution in [2.45, 2.75) is 33.8 Å². The number of methoxy groups -OCH3 is 1. The molecule has 0 aliphatic heterocycles. The van der Waals surface area contributed by atoms with Crippen LogP contribution in [-0.4, -0.2) is 25.1 Å². The van der Waals surface area contributed by atoms with E-state index in [1.165, 1.54) is 0 Å². The molecule has 0 saturated heterocycles. The van der Waals surface area contributed by atoms with Crippen LogP contribution >= 0.6 is 0 Å². The molecule has 0 heterocycles. The van der Waals surface area contributed by atoms with Crippen molar-refractivity contribution in [2.24, 2.45) is 5.73 Å². The molecule has 0 bridgehead atoms. The summed E-state index contributed by atoms with van der Waals surface area (Å²) >= 11 is 0. The average Bonchev–Trinajstić information content (AvgIpc) is 2.45. The zero-order valence-electron chi connectivity index (χ0n) is 14.0. The highest BCUT2D eigenvalue weighted by Gasteiger charge is 2.18. The summed E-state index contributed by atoms with van der Waals surface area (Å²) in [6.07, 6.45) is -0.0103. The molecule has 0 amide bonds. The number of hydrogen-bond acceptors (Lipinski definition) is 5. The van der Waals surface area contributed by atoms with E-state index in [2.05, 4.69) is 11.9 Å². The largest absolute Gasteiger partial charge is 0.497 e. The fourth-order valence-electron chi connectivity index (χ4n) is 2.02. The molecule has 1 rings (SSSR count). The van der Waals surface area contributed by atoms with E-state index in [9.17, 15) is 5.11 Å². The number of benzene rings is 1. The van der Waals surface area contributed by atoms with Gasteiger partial charge in [0.05, 0.1) is 18.9 Å². The Morgan fingerprint density at radius 2 is 2.00 bits per heavy atom. The van der Waals surface area contributed by atoms with Crippen LogP contribution in [0.5, 0.6) is 11.5 Å². The standard InChI is InChI=1S/C17H26N2O3/c1-10(2)22-16-8-14(21-6)7-15(19-9-20)17(16)12(4)11(3)13(5)18/h7-8,10,19-20H,4,9,18H2,1-3,5-6H3/b13-11+. The molecule has 4 N–H and O–H groups in total. The van der Waals surface area contributed by atoms with E-state index < -0.39 is 0 Å². The predicted octanol–water partition coefficient (Wildman–Crippen LogP) is 3.11. The maximum Gasteiger partial charge on any atom is 0.133 e. The molecule has 5 heteroatoms. The summed E-state index contributed by atoms with van der Waals surface area (Å²) in [6, 6.07) is 3.60. The molecule has 0 aliphatic carbocycles. The SMILES string of the molecule is C=C(/C(C)=C(\C)N)c1c(NCO)cc(OC)cc1OC(C)C. The van der Waals surface area contributed by atoms with E-state index >= 15 is 0 Å². The van der Waals surface area contributed by atoms with Crippen molar-refractivity contribution in [1.82, 2.24) is 0 Å². The van der Waals surface area contributed by atoms with Gasteiger partial charge in [-0.1, -0.05) is 6.58 Å². The van der Waals surface area contributed by atoms with Crippen molar-refractivity contribution in [3.63, 3.8) is 0 Å². The predicted molar refractivity (Wildman–Crippen MR) is 91.1 cm³/mol. The second-order valence-electron chi connectivity index (χ2n) is 5.34. The van der Waals surface area contributed by atoms with E-state index in [0.717, 1.165) is 16.7 Å². The van der Waals surface area contributed by atoms with Crippen molar-refractivity contribution in [1.29, 1.82) is 0 Å². The first-order valence-electron chi connectivity index (χ1n) is 7.17. The highest BCUT2D eigenvalue weighted by Crippen LogP contribution is 2.40. The first-order valence-corrected chi connectivity index (χ1v) is 7.17. The quantitative estimate of drug-likeness (QED) is 0.533. The molecule has 1 aromatic rings. The summed E-state index contributed by atoms with van der Waals surface area (Å²) in [4.78, 5) is 0. The molecule has 1 aromatic carbocycles. The Balaban J connectivity index is 3.54. The Morgan fingerprint density at radius 3 is 2.45 bits per heavy atom. The van der Waals surface area contributed by atoms with Crippen molar-refractivity contribution >= 4 is 11.3 Å². The van der Waals surface area contributed by atoms with Crippen LogP contribution in [0.3, 0.4) is 0 Å². The number of hydrogen-bond donors (Lipinski definition) is 3. The molecular formula is C17H26N2O3. The van der Waals surface area contributed by atoms with Gasteiger partial charge in [-0.15, -0.1) is 0 Å². The molecule has 0 fully saturated rings. The van der Waals surface area contributed by atoms with Gasteiger partial charge in [-0.2, -0.15) is 0 Å². The lowest BCUT2D eigenvalue weighted by Crippen LogP contribution is -2.11. The van der Waals surface area contributed by atoms with Gasteiger partial charge < -0.3 is 25.6 Å². The lowest BCUT2D eigenvalue weighted by Gasteiger charge is -2.21. The minimum absolute atomic E-state index is 0.0103. The van der Waals surface area contributed by atoms with Crippen LogP contribution in [-0.2, 0) is 0 Å². The number of aliphatic hydroxyl groups excluding tert-OH is 1. The monoisotopic (exact) mass is 306 g/mol. The van der Waals surface area contributed by atoms with Gasteiger partial charge >= 0.3 is 0 Å². The highest BCUT2D eigenvalue weighted by molar-refractivity contribution is 5.88. The van der Waals surface area contributed by atoms with E-state index in [1.54, 1.807) is 13.2 Å². The van der Waals surface area contributed by atoms with E-state index in [4.69, 9.17) is 15.2 Å². The molecule has 5 nitrogen and oxygen atoms in total. The molecule has 0 aliphatic rings. The van der Waals surface area contributed by atoms with Crippen molar-refractivity contribution in [3.8, 4) is 11.5 Å². The lowest BCUT2D eigenvalue weighted by atomic mass is 9.96. The van der Waals surface area contributed by atoms with Crippen molar-refractivity contribution in [2.75, 3.05) is 19.2 Å². The Bertz CT molecular complexity index is 574.